The lowest BCUT2D eigenvalue weighted by atomic mass is 9.86. The molecule has 1 aliphatic carbocycles. The van der Waals surface area contributed by atoms with Gasteiger partial charge < -0.3 is 10.2 Å². The molecule has 0 bridgehead atoms. The van der Waals surface area contributed by atoms with Crippen LogP contribution in [-0.2, 0) is 4.79 Å². The highest BCUT2D eigenvalue weighted by molar-refractivity contribution is 5.85. The van der Waals surface area contributed by atoms with E-state index in [9.17, 15) is 15.0 Å². The Morgan fingerprint density at radius 2 is 2.11 bits per heavy atom. The summed E-state index contributed by atoms with van der Waals surface area (Å²) in [6.07, 6.45) is 0.652. The van der Waals surface area contributed by atoms with Gasteiger partial charge in [-0.25, -0.2) is 0 Å². The van der Waals surface area contributed by atoms with Crippen molar-refractivity contribution >= 4 is 11.5 Å². The summed E-state index contributed by atoms with van der Waals surface area (Å²) in [6, 6.07) is 5.30. The van der Waals surface area contributed by atoms with Crippen LogP contribution < -0.4 is 0 Å². The van der Waals surface area contributed by atoms with Gasteiger partial charge in [0.1, 0.15) is 5.75 Å². The minimum atomic E-state index is -0.732. The van der Waals surface area contributed by atoms with E-state index >= 15 is 0 Å². The largest absolute Gasteiger partial charge is 0.508 e. The molecule has 0 heterocycles. The number of aliphatic carboxylic acids is 1. The fraction of sp³-hybridized carbons (Fsp3) is 0.438. The number of allylic oxidation sites excluding steroid dienone is 1. The number of rotatable bonds is 4. The number of aryl methyl sites for hydroxylation is 1. The van der Waals surface area contributed by atoms with Crippen LogP contribution in [0.25, 0.3) is 5.57 Å². The van der Waals surface area contributed by atoms with Gasteiger partial charge >= 0.3 is 5.97 Å². The van der Waals surface area contributed by atoms with Crippen LogP contribution in [0.5, 0.6) is 5.75 Å². The number of hydrogen-bond acceptors (Lipinski definition) is 2. The molecule has 3 nitrogen and oxygen atoms in total. The van der Waals surface area contributed by atoms with Crippen molar-refractivity contribution in [1.82, 2.24) is 0 Å². The zero-order valence-corrected chi connectivity index (χ0v) is 11.6. The van der Waals surface area contributed by atoms with Gasteiger partial charge in [0.05, 0.1) is 5.41 Å². The summed E-state index contributed by atoms with van der Waals surface area (Å²) in [6.45, 7) is 9.79. The lowest BCUT2D eigenvalue weighted by Gasteiger charge is -2.18. The first kappa shape index (κ1) is 13.7. The third kappa shape index (κ3) is 2.03. The zero-order valence-electron chi connectivity index (χ0n) is 11.6. The van der Waals surface area contributed by atoms with Crippen LogP contribution in [0.2, 0.25) is 0 Å². The predicted octanol–water partition coefficient (Wildman–Crippen LogP) is 3.46. The standard InChI is InChI=1S/C16H20O3/c1-9(2)16(15(18)19)8-13(16)11(4)12-5-6-14(17)10(3)7-12/h5-7,9,13,17H,4,8H2,1-3H3,(H,18,19). The minimum absolute atomic E-state index is 0.00561. The van der Waals surface area contributed by atoms with E-state index in [1.54, 1.807) is 12.1 Å². The molecule has 3 heteroatoms. The SMILES string of the molecule is C=C(c1ccc(O)c(C)c1)C1CC1(C(=O)O)C(C)C. The minimum Gasteiger partial charge on any atom is -0.508 e. The molecule has 2 unspecified atom stereocenters. The predicted molar refractivity (Wildman–Crippen MR) is 74.9 cm³/mol. The molecule has 1 saturated carbocycles. The smallest absolute Gasteiger partial charge is 0.310 e. The number of carboxylic acid groups (broad SMARTS) is 1. The van der Waals surface area contributed by atoms with Crippen molar-refractivity contribution in [3.05, 3.63) is 35.9 Å². The molecule has 2 N–H and O–H groups in total. The van der Waals surface area contributed by atoms with E-state index in [0.29, 0.717) is 6.42 Å². The van der Waals surface area contributed by atoms with Crippen molar-refractivity contribution in [1.29, 1.82) is 0 Å². The summed E-state index contributed by atoms with van der Waals surface area (Å²) in [7, 11) is 0. The van der Waals surface area contributed by atoms with E-state index in [1.165, 1.54) is 0 Å². The second-order valence-corrected chi connectivity index (χ2v) is 5.78. The number of benzene rings is 1. The Morgan fingerprint density at radius 1 is 1.47 bits per heavy atom. The molecule has 1 aromatic rings. The monoisotopic (exact) mass is 260 g/mol. The Bertz CT molecular complexity index is 545. The van der Waals surface area contributed by atoms with Crippen LogP contribution in [0, 0.1) is 24.2 Å². The fourth-order valence-corrected chi connectivity index (χ4v) is 2.89. The highest BCUT2D eigenvalue weighted by Crippen LogP contribution is 2.62. The quantitative estimate of drug-likeness (QED) is 0.871. The van der Waals surface area contributed by atoms with Crippen LogP contribution >= 0.6 is 0 Å². The third-order valence-electron chi connectivity index (χ3n) is 4.42. The average molecular weight is 260 g/mol. The number of phenolic OH excluding ortho intramolecular Hbond substituents is 1. The van der Waals surface area contributed by atoms with Crippen LogP contribution in [0.3, 0.4) is 0 Å². The van der Waals surface area contributed by atoms with Gasteiger partial charge in [-0.2, -0.15) is 0 Å². The van der Waals surface area contributed by atoms with Gasteiger partial charge in [-0.1, -0.05) is 26.5 Å². The van der Waals surface area contributed by atoms with E-state index in [1.807, 2.05) is 26.8 Å². The molecular weight excluding hydrogens is 240 g/mol. The van der Waals surface area contributed by atoms with E-state index < -0.39 is 11.4 Å². The number of carbonyl (C=O) groups is 1. The second-order valence-electron chi connectivity index (χ2n) is 5.78. The molecule has 1 fully saturated rings. The summed E-state index contributed by atoms with van der Waals surface area (Å²) in [5, 5.41) is 19.0. The Balaban J connectivity index is 2.27. The fourth-order valence-electron chi connectivity index (χ4n) is 2.89. The molecule has 0 spiro atoms. The Kier molecular flexibility index (Phi) is 3.17. The van der Waals surface area contributed by atoms with Gasteiger partial charge in [-0.3, -0.25) is 4.79 Å². The molecule has 0 saturated heterocycles. The Hall–Kier alpha value is -1.77. The Labute approximate surface area is 113 Å². The molecule has 0 radical (unpaired) electrons. The van der Waals surface area contributed by atoms with Crippen molar-refractivity contribution < 1.29 is 15.0 Å². The highest BCUT2D eigenvalue weighted by atomic mass is 16.4. The average Bonchev–Trinajstić information content (AvgIpc) is 3.08. The van der Waals surface area contributed by atoms with Crippen molar-refractivity contribution in [2.24, 2.45) is 17.3 Å². The van der Waals surface area contributed by atoms with E-state index in [4.69, 9.17) is 0 Å². The van der Waals surface area contributed by atoms with Gasteiger partial charge in [0.2, 0.25) is 0 Å². The highest BCUT2D eigenvalue weighted by Gasteiger charge is 2.63. The molecule has 2 atom stereocenters. The number of aromatic hydroxyl groups is 1. The first-order chi connectivity index (χ1) is 8.80. The van der Waals surface area contributed by atoms with Crippen molar-refractivity contribution in [3.8, 4) is 5.75 Å². The van der Waals surface area contributed by atoms with E-state index in [0.717, 1.165) is 16.7 Å². The summed E-state index contributed by atoms with van der Waals surface area (Å²) < 4.78 is 0. The normalized spacial score (nSPS) is 25.4. The molecular formula is C16H20O3. The topological polar surface area (TPSA) is 57.5 Å². The van der Waals surface area contributed by atoms with Crippen LogP contribution in [0.4, 0.5) is 0 Å². The molecule has 1 aromatic carbocycles. The molecule has 0 aromatic heterocycles. The van der Waals surface area contributed by atoms with Gasteiger partial charge in [0.15, 0.2) is 0 Å². The summed E-state index contributed by atoms with van der Waals surface area (Å²) >= 11 is 0. The van der Waals surface area contributed by atoms with Gasteiger partial charge in [0.25, 0.3) is 0 Å². The molecule has 0 amide bonds. The zero-order chi connectivity index (χ0) is 14.4. The van der Waals surface area contributed by atoms with Gasteiger partial charge in [-0.15, -0.1) is 0 Å². The van der Waals surface area contributed by atoms with Gasteiger partial charge in [0, 0.05) is 5.92 Å². The summed E-state index contributed by atoms with van der Waals surface area (Å²) in [5.41, 5.74) is 1.90. The molecule has 1 aliphatic rings. The summed E-state index contributed by atoms with van der Waals surface area (Å²) in [5.74, 6) is -0.399. The first-order valence-electron chi connectivity index (χ1n) is 6.53. The summed E-state index contributed by atoms with van der Waals surface area (Å²) in [4.78, 5) is 11.5. The van der Waals surface area contributed by atoms with E-state index in [2.05, 4.69) is 6.58 Å². The molecule has 0 aliphatic heterocycles. The van der Waals surface area contributed by atoms with Gasteiger partial charge in [-0.05, 0) is 48.1 Å². The maximum Gasteiger partial charge on any atom is 0.310 e. The number of carboxylic acids is 1. The third-order valence-corrected chi connectivity index (χ3v) is 4.42. The van der Waals surface area contributed by atoms with Crippen molar-refractivity contribution in [2.45, 2.75) is 27.2 Å². The molecule has 19 heavy (non-hydrogen) atoms. The van der Waals surface area contributed by atoms with Crippen LogP contribution in [-0.4, -0.2) is 16.2 Å². The second kappa shape index (κ2) is 4.41. The number of phenols is 1. The lowest BCUT2D eigenvalue weighted by molar-refractivity contribution is -0.145. The van der Waals surface area contributed by atoms with Crippen LogP contribution in [0.15, 0.2) is 24.8 Å². The lowest BCUT2D eigenvalue weighted by Crippen LogP contribution is -2.24. The maximum absolute atomic E-state index is 11.5. The van der Waals surface area contributed by atoms with Crippen molar-refractivity contribution in [3.63, 3.8) is 0 Å². The maximum atomic E-state index is 11.5. The molecule has 102 valence electrons. The van der Waals surface area contributed by atoms with Crippen molar-refractivity contribution in [2.75, 3.05) is 0 Å². The van der Waals surface area contributed by atoms with Crippen LogP contribution in [0.1, 0.15) is 31.4 Å². The first-order valence-corrected chi connectivity index (χ1v) is 6.53. The number of hydrogen-bond donors (Lipinski definition) is 2. The molecule has 2 rings (SSSR count). The van der Waals surface area contributed by atoms with E-state index in [-0.39, 0.29) is 17.6 Å². The Morgan fingerprint density at radius 3 is 2.53 bits per heavy atom.